The predicted molar refractivity (Wildman–Crippen MR) is 74.9 cm³/mol. The molecule has 19 heavy (non-hydrogen) atoms. The minimum atomic E-state index is -2.85. The molecule has 0 spiro atoms. The van der Waals surface area contributed by atoms with E-state index in [9.17, 15) is 8.42 Å². The number of aromatic nitrogens is 2. The molecular weight excluding hydrogens is 264 g/mol. The van der Waals surface area contributed by atoms with Crippen LogP contribution in [-0.2, 0) is 16.4 Å². The quantitative estimate of drug-likeness (QED) is 0.779. The van der Waals surface area contributed by atoms with Crippen molar-refractivity contribution in [2.45, 2.75) is 19.9 Å². The molecule has 2 rings (SSSR count). The van der Waals surface area contributed by atoms with Crippen LogP contribution in [0.4, 0.5) is 5.95 Å². The molecule has 0 unspecified atom stereocenters. The van der Waals surface area contributed by atoms with Gasteiger partial charge in [-0.15, -0.1) is 0 Å². The number of rotatable bonds is 5. The SMILES string of the molecule is CCCNCc1cnc(N2CCS(=O)(=O)CC2)nc1. The fraction of sp³-hybridized carbons (Fsp3) is 0.667. The summed E-state index contributed by atoms with van der Waals surface area (Å²) in [6.07, 6.45) is 4.70. The third-order valence-electron chi connectivity index (χ3n) is 3.07. The molecule has 0 radical (unpaired) electrons. The van der Waals surface area contributed by atoms with Gasteiger partial charge in [0.1, 0.15) is 0 Å². The average Bonchev–Trinajstić information content (AvgIpc) is 2.40. The number of anilines is 1. The summed E-state index contributed by atoms with van der Waals surface area (Å²) >= 11 is 0. The van der Waals surface area contributed by atoms with E-state index < -0.39 is 9.84 Å². The fourth-order valence-corrected chi connectivity index (χ4v) is 3.13. The van der Waals surface area contributed by atoms with E-state index in [2.05, 4.69) is 22.2 Å². The Morgan fingerprint density at radius 2 is 1.89 bits per heavy atom. The van der Waals surface area contributed by atoms with E-state index in [0.717, 1.165) is 25.1 Å². The van der Waals surface area contributed by atoms with Crippen LogP contribution < -0.4 is 10.2 Å². The first-order valence-electron chi connectivity index (χ1n) is 6.58. The van der Waals surface area contributed by atoms with E-state index >= 15 is 0 Å². The van der Waals surface area contributed by atoms with Crippen molar-refractivity contribution >= 4 is 15.8 Å². The molecular formula is C12H20N4O2S. The van der Waals surface area contributed by atoms with E-state index in [1.54, 1.807) is 12.4 Å². The van der Waals surface area contributed by atoms with Crippen molar-refractivity contribution in [1.82, 2.24) is 15.3 Å². The normalized spacial score (nSPS) is 18.5. The van der Waals surface area contributed by atoms with Crippen LogP contribution in [0.2, 0.25) is 0 Å². The van der Waals surface area contributed by atoms with E-state index in [4.69, 9.17) is 0 Å². The second kappa shape index (κ2) is 6.29. The molecule has 1 aliphatic rings. The summed E-state index contributed by atoms with van der Waals surface area (Å²) in [6, 6.07) is 0. The van der Waals surface area contributed by atoms with E-state index in [0.29, 0.717) is 19.0 Å². The molecule has 1 aromatic rings. The molecule has 0 bridgehead atoms. The Balaban J connectivity index is 1.91. The van der Waals surface area contributed by atoms with Gasteiger partial charge < -0.3 is 10.2 Å². The lowest BCUT2D eigenvalue weighted by atomic mass is 10.3. The van der Waals surface area contributed by atoms with E-state index in [-0.39, 0.29) is 11.5 Å². The summed E-state index contributed by atoms with van der Waals surface area (Å²) in [6.45, 7) is 4.83. The maximum Gasteiger partial charge on any atom is 0.225 e. The smallest absolute Gasteiger partial charge is 0.225 e. The number of hydrogen-bond donors (Lipinski definition) is 1. The third-order valence-corrected chi connectivity index (χ3v) is 4.68. The highest BCUT2D eigenvalue weighted by Gasteiger charge is 2.22. The minimum absolute atomic E-state index is 0.191. The number of hydrogen-bond acceptors (Lipinski definition) is 6. The van der Waals surface area contributed by atoms with Crippen molar-refractivity contribution in [3.8, 4) is 0 Å². The highest BCUT2D eigenvalue weighted by Crippen LogP contribution is 2.11. The topological polar surface area (TPSA) is 75.2 Å². The van der Waals surface area contributed by atoms with Crippen molar-refractivity contribution in [1.29, 1.82) is 0 Å². The largest absolute Gasteiger partial charge is 0.339 e. The Kier molecular flexibility index (Phi) is 4.71. The van der Waals surface area contributed by atoms with E-state index in [1.807, 2.05) is 4.90 Å². The van der Waals surface area contributed by atoms with Gasteiger partial charge in [-0.1, -0.05) is 6.92 Å². The van der Waals surface area contributed by atoms with Crippen LogP contribution in [0.3, 0.4) is 0 Å². The van der Waals surface area contributed by atoms with Crippen LogP contribution in [0.1, 0.15) is 18.9 Å². The molecule has 2 heterocycles. The van der Waals surface area contributed by atoms with Gasteiger partial charge >= 0.3 is 0 Å². The number of nitrogens with one attached hydrogen (secondary N) is 1. The molecule has 1 aromatic heterocycles. The zero-order valence-electron chi connectivity index (χ0n) is 11.2. The number of nitrogens with zero attached hydrogens (tertiary/aromatic N) is 3. The van der Waals surface area contributed by atoms with Crippen LogP contribution in [0.25, 0.3) is 0 Å². The molecule has 0 atom stereocenters. The van der Waals surface area contributed by atoms with Gasteiger partial charge in [0.15, 0.2) is 9.84 Å². The Labute approximate surface area is 114 Å². The monoisotopic (exact) mass is 284 g/mol. The van der Waals surface area contributed by atoms with Crippen LogP contribution in [-0.4, -0.2) is 49.5 Å². The lowest BCUT2D eigenvalue weighted by Gasteiger charge is -2.26. The molecule has 106 valence electrons. The van der Waals surface area contributed by atoms with Crippen molar-refractivity contribution < 1.29 is 8.42 Å². The average molecular weight is 284 g/mol. The Morgan fingerprint density at radius 1 is 1.26 bits per heavy atom. The van der Waals surface area contributed by atoms with Gasteiger partial charge in [-0.2, -0.15) is 0 Å². The highest BCUT2D eigenvalue weighted by molar-refractivity contribution is 7.91. The standard InChI is InChI=1S/C12H20N4O2S/c1-2-3-13-8-11-9-14-12(15-10-11)16-4-6-19(17,18)7-5-16/h9-10,13H,2-8H2,1H3. The van der Waals surface area contributed by atoms with Gasteiger partial charge in [-0.3, -0.25) is 0 Å². The lowest BCUT2D eigenvalue weighted by molar-refractivity contribution is 0.585. The summed E-state index contributed by atoms with van der Waals surface area (Å²) in [5.41, 5.74) is 1.04. The van der Waals surface area contributed by atoms with Crippen molar-refractivity contribution in [2.24, 2.45) is 0 Å². The minimum Gasteiger partial charge on any atom is -0.339 e. The summed E-state index contributed by atoms with van der Waals surface area (Å²) in [5, 5.41) is 3.29. The van der Waals surface area contributed by atoms with Gasteiger partial charge in [-0.25, -0.2) is 18.4 Å². The first-order chi connectivity index (χ1) is 9.11. The molecule has 7 heteroatoms. The lowest BCUT2D eigenvalue weighted by Crippen LogP contribution is -2.41. The highest BCUT2D eigenvalue weighted by atomic mass is 32.2. The predicted octanol–water partition coefficient (Wildman–Crippen LogP) is 0.211. The molecule has 0 aliphatic carbocycles. The summed E-state index contributed by atoms with van der Waals surface area (Å²) in [7, 11) is -2.85. The maximum atomic E-state index is 11.4. The maximum absolute atomic E-state index is 11.4. The summed E-state index contributed by atoms with van der Waals surface area (Å²) in [4.78, 5) is 10.5. The first kappa shape index (κ1) is 14.2. The van der Waals surface area contributed by atoms with E-state index in [1.165, 1.54) is 0 Å². The molecule has 1 saturated heterocycles. The molecule has 1 aliphatic heterocycles. The summed E-state index contributed by atoms with van der Waals surface area (Å²) in [5.74, 6) is 1.00. The fourth-order valence-electron chi connectivity index (χ4n) is 1.92. The van der Waals surface area contributed by atoms with Crippen LogP contribution >= 0.6 is 0 Å². The van der Waals surface area contributed by atoms with Crippen molar-refractivity contribution in [3.63, 3.8) is 0 Å². The number of sulfone groups is 1. The molecule has 1 fully saturated rings. The summed E-state index contributed by atoms with van der Waals surface area (Å²) < 4.78 is 22.7. The Morgan fingerprint density at radius 3 is 2.47 bits per heavy atom. The molecule has 0 aromatic carbocycles. The Hall–Kier alpha value is -1.21. The van der Waals surface area contributed by atoms with Gasteiger partial charge in [-0.05, 0) is 13.0 Å². The van der Waals surface area contributed by atoms with Crippen LogP contribution in [0.15, 0.2) is 12.4 Å². The van der Waals surface area contributed by atoms with Crippen molar-refractivity contribution in [2.75, 3.05) is 36.0 Å². The first-order valence-corrected chi connectivity index (χ1v) is 8.40. The van der Waals surface area contributed by atoms with Crippen LogP contribution in [0.5, 0.6) is 0 Å². The van der Waals surface area contributed by atoms with Gasteiger partial charge in [0, 0.05) is 37.6 Å². The van der Waals surface area contributed by atoms with Gasteiger partial charge in [0.2, 0.25) is 5.95 Å². The zero-order chi connectivity index (χ0) is 13.7. The second-order valence-electron chi connectivity index (χ2n) is 4.71. The molecule has 0 saturated carbocycles. The molecule has 1 N–H and O–H groups in total. The van der Waals surface area contributed by atoms with Gasteiger partial charge in [0.25, 0.3) is 0 Å². The van der Waals surface area contributed by atoms with Gasteiger partial charge in [0.05, 0.1) is 11.5 Å². The third kappa shape index (κ3) is 4.14. The molecule has 0 amide bonds. The van der Waals surface area contributed by atoms with Crippen molar-refractivity contribution in [3.05, 3.63) is 18.0 Å². The zero-order valence-corrected chi connectivity index (χ0v) is 12.0. The van der Waals surface area contributed by atoms with Crippen LogP contribution in [0, 0.1) is 0 Å². The Bertz CT molecular complexity index is 487. The second-order valence-corrected chi connectivity index (χ2v) is 7.01. The molecule has 6 nitrogen and oxygen atoms in total.